The molecule has 128 valence electrons. The van der Waals surface area contributed by atoms with Crippen molar-refractivity contribution in [2.24, 2.45) is 0 Å². The van der Waals surface area contributed by atoms with Crippen LogP contribution in [0.25, 0.3) is 0 Å². The number of hydrogen-bond acceptors (Lipinski definition) is 1. The number of halogens is 3. The van der Waals surface area contributed by atoms with Crippen molar-refractivity contribution in [3.8, 4) is 0 Å². The molecule has 0 aliphatic rings. The van der Waals surface area contributed by atoms with Crippen LogP contribution in [0.1, 0.15) is 30.5 Å². The summed E-state index contributed by atoms with van der Waals surface area (Å²) in [5, 5.41) is 6.22. The second kappa shape index (κ2) is 7.66. The van der Waals surface area contributed by atoms with Gasteiger partial charge in [0.1, 0.15) is 0 Å². The molecular weight excluding hydrogens is 333 g/mol. The maximum absolute atomic E-state index is 12.8. The van der Waals surface area contributed by atoms with Gasteiger partial charge in [0.05, 0.1) is 5.56 Å². The first-order valence-electron chi connectivity index (χ1n) is 7.71. The molecule has 0 atom stereocenters. The Morgan fingerprint density at radius 3 is 2.08 bits per heavy atom. The SMILES string of the molecule is CCc1cccc(CC)c1NC(=S)Nc1cccc(C(F)(F)F)c1. The van der Waals surface area contributed by atoms with Crippen molar-refractivity contribution in [1.82, 2.24) is 0 Å². The Bertz CT molecular complexity index is 704. The van der Waals surface area contributed by atoms with Gasteiger partial charge in [-0.1, -0.05) is 38.1 Å². The topological polar surface area (TPSA) is 24.1 Å². The molecule has 2 nitrogen and oxygen atoms in total. The number of rotatable bonds is 4. The molecule has 2 rings (SSSR count). The molecule has 6 heteroatoms. The van der Waals surface area contributed by atoms with Gasteiger partial charge in [0.2, 0.25) is 0 Å². The van der Waals surface area contributed by atoms with Crippen LogP contribution in [0.2, 0.25) is 0 Å². The minimum absolute atomic E-state index is 0.268. The van der Waals surface area contributed by atoms with E-state index in [1.54, 1.807) is 6.07 Å². The minimum Gasteiger partial charge on any atom is -0.332 e. The Balaban J connectivity index is 2.18. The fraction of sp³-hybridized carbons (Fsp3) is 0.278. The van der Waals surface area contributed by atoms with Crippen LogP contribution in [-0.4, -0.2) is 5.11 Å². The Kier molecular flexibility index (Phi) is 5.83. The third kappa shape index (κ3) is 4.47. The van der Waals surface area contributed by atoms with Crippen LogP contribution in [0.5, 0.6) is 0 Å². The first-order valence-corrected chi connectivity index (χ1v) is 8.12. The summed E-state index contributed by atoms with van der Waals surface area (Å²) in [7, 11) is 0. The molecule has 0 saturated carbocycles. The monoisotopic (exact) mass is 352 g/mol. The normalized spacial score (nSPS) is 11.2. The molecule has 0 radical (unpaired) electrons. The van der Waals surface area contributed by atoms with E-state index in [-0.39, 0.29) is 5.11 Å². The van der Waals surface area contributed by atoms with Crippen LogP contribution < -0.4 is 10.6 Å². The molecule has 0 bridgehead atoms. The Hall–Kier alpha value is -2.08. The summed E-state index contributed by atoms with van der Waals surface area (Å²) in [6.45, 7) is 4.09. The summed E-state index contributed by atoms with van der Waals surface area (Å²) >= 11 is 5.27. The van der Waals surface area contributed by atoms with Crippen molar-refractivity contribution >= 4 is 28.7 Å². The van der Waals surface area contributed by atoms with Crippen LogP contribution in [0, 0.1) is 0 Å². The number of para-hydroxylation sites is 1. The van der Waals surface area contributed by atoms with E-state index >= 15 is 0 Å². The van der Waals surface area contributed by atoms with Gasteiger partial charge in [0, 0.05) is 11.4 Å². The van der Waals surface area contributed by atoms with Gasteiger partial charge in [-0.25, -0.2) is 0 Å². The number of anilines is 2. The summed E-state index contributed by atoms with van der Waals surface area (Å²) in [5.41, 5.74) is 2.74. The van der Waals surface area contributed by atoms with Crippen molar-refractivity contribution in [2.45, 2.75) is 32.9 Å². The Morgan fingerprint density at radius 2 is 1.54 bits per heavy atom. The lowest BCUT2D eigenvalue weighted by atomic mass is 10.0. The molecule has 0 amide bonds. The van der Waals surface area contributed by atoms with Gasteiger partial charge in [0.15, 0.2) is 5.11 Å². The first-order chi connectivity index (χ1) is 11.3. The molecule has 2 N–H and O–H groups in total. The predicted molar refractivity (Wildman–Crippen MR) is 96.5 cm³/mol. The zero-order valence-corrected chi connectivity index (χ0v) is 14.3. The summed E-state index contributed by atoms with van der Waals surface area (Å²) in [6, 6.07) is 11.0. The van der Waals surface area contributed by atoms with Gasteiger partial charge < -0.3 is 10.6 Å². The number of aryl methyl sites for hydroxylation is 2. The zero-order valence-electron chi connectivity index (χ0n) is 13.5. The van der Waals surface area contributed by atoms with Gasteiger partial charge >= 0.3 is 6.18 Å². The van der Waals surface area contributed by atoms with E-state index in [9.17, 15) is 13.2 Å². The molecule has 0 unspecified atom stereocenters. The van der Waals surface area contributed by atoms with Crippen LogP contribution in [0.3, 0.4) is 0 Å². The van der Waals surface area contributed by atoms with Gasteiger partial charge in [-0.2, -0.15) is 13.2 Å². The third-order valence-corrected chi connectivity index (χ3v) is 3.89. The Labute approximate surface area is 145 Å². The lowest BCUT2D eigenvalue weighted by Gasteiger charge is -2.17. The molecule has 0 saturated heterocycles. The van der Waals surface area contributed by atoms with E-state index in [0.717, 1.165) is 41.8 Å². The molecule has 2 aromatic carbocycles. The summed E-state index contributed by atoms with van der Waals surface area (Å²) in [6.07, 6.45) is -2.71. The summed E-state index contributed by atoms with van der Waals surface area (Å²) in [4.78, 5) is 0. The molecule has 0 aliphatic carbocycles. The number of hydrogen-bond donors (Lipinski definition) is 2. The maximum Gasteiger partial charge on any atom is 0.416 e. The third-order valence-electron chi connectivity index (χ3n) is 3.69. The van der Waals surface area contributed by atoms with Crippen LogP contribution >= 0.6 is 12.2 Å². The molecule has 0 spiro atoms. The van der Waals surface area contributed by atoms with E-state index in [1.807, 2.05) is 32.0 Å². The van der Waals surface area contributed by atoms with E-state index in [2.05, 4.69) is 10.6 Å². The van der Waals surface area contributed by atoms with Gasteiger partial charge in [-0.05, 0) is 54.4 Å². The average Bonchev–Trinajstić information content (AvgIpc) is 2.54. The first kappa shape index (κ1) is 18.3. The summed E-state index contributed by atoms with van der Waals surface area (Å²) < 4.78 is 38.3. The predicted octanol–water partition coefficient (Wildman–Crippen LogP) is 5.64. The molecule has 0 aliphatic heterocycles. The van der Waals surface area contributed by atoms with Crippen molar-refractivity contribution in [3.63, 3.8) is 0 Å². The highest BCUT2D eigenvalue weighted by atomic mass is 32.1. The van der Waals surface area contributed by atoms with Crippen LogP contribution in [0.15, 0.2) is 42.5 Å². The quantitative estimate of drug-likeness (QED) is 0.697. The molecule has 0 aromatic heterocycles. The van der Waals surface area contributed by atoms with Crippen molar-refractivity contribution in [2.75, 3.05) is 10.6 Å². The van der Waals surface area contributed by atoms with Crippen LogP contribution in [-0.2, 0) is 19.0 Å². The van der Waals surface area contributed by atoms with E-state index in [1.165, 1.54) is 6.07 Å². The van der Waals surface area contributed by atoms with E-state index < -0.39 is 11.7 Å². The molecule has 0 fully saturated rings. The van der Waals surface area contributed by atoms with Crippen molar-refractivity contribution in [3.05, 3.63) is 59.2 Å². The van der Waals surface area contributed by atoms with Crippen LogP contribution in [0.4, 0.5) is 24.5 Å². The lowest BCUT2D eigenvalue weighted by Crippen LogP contribution is -2.21. The highest BCUT2D eigenvalue weighted by Gasteiger charge is 2.30. The zero-order chi connectivity index (χ0) is 17.7. The molecule has 2 aromatic rings. The van der Waals surface area contributed by atoms with Crippen molar-refractivity contribution < 1.29 is 13.2 Å². The van der Waals surface area contributed by atoms with Gasteiger partial charge in [-0.3, -0.25) is 0 Å². The number of alkyl halides is 3. The second-order valence-electron chi connectivity index (χ2n) is 5.32. The number of benzene rings is 2. The lowest BCUT2D eigenvalue weighted by molar-refractivity contribution is -0.137. The van der Waals surface area contributed by atoms with E-state index in [4.69, 9.17) is 12.2 Å². The van der Waals surface area contributed by atoms with Crippen molar-refractivity contribution in [1.29, 1.82) is 0 Å². The molecule has 0 heterocycles. The number of nitrogens with one attached hydrogen (secondary N) is 2. The molecular formula is C18H19F3N2S. The maximum atomic E-state index is 12.8. The van der Waals surface area contributed by atoms with Gasteiger partial charge in [-0.15, -0.1) is 0 Å². The molecule has 24 heavy (non-hydrogen) atoms. The fourth-order valence-corrected chi connectivity index (χ4v) is 2.67. The largest absolute Gasteiger partial charge is 0.416 e. The standard InChI is InChI=1S/C18H19F3N2S/c1-3-12-7-5-8-13(4-2)16(12)23-17(24)22-15-10-6-9-14(11-15)18(19,20)21/h5-11H,3-4H2,1-2H3,(H2,22,23,24). The smallest absolute Gasteiger partial charge is 0.332 e. The van der Waals surface area contributed by atoms with E-state index in [0.29, 0.717) is 5.69 Å². The Morgan fingerprint density at radius 1 is 0.958 bits per heavy atom. The number of thiocarbonyl (C=S) groups is 1. The minimum atomic E-state index is -4.38. The highest BCUT2D eigenvalue weighted by molar-refractivity contribution is 7.80. The second-order valence-corrected chi connectivity index (χ2v) is 5.72. The fourth-order valence-electron chi connectivity index (χ4n) is 2.45. The highest BCUT2D eigenvalue weighted by Crippen LogP contribution is 2.30. The van der Waals surface area contributed by atoms with Gasteiger partial charge in [0.25, 0.3) is 0 Å². The average molecular weight is 352 g/mol. The summed E-state index contributed by atoms with van der Waals surface area (Å²) in [5.74, 6) is 0.